The number of rotatable bonds is 0. The Kier molecular flexibility index (Phi) is 4.69. The molecule has 0 aliphatic rings. The molecule has 0 radical (unpaired) electrons. The monoisotopic (exact) mass is 206 g/mol. The molecule has 0 amide bonds. The molecule has 0 saturated heterocycles. The molecular formula is C9H9F3O2. The number of halogens is 3. The van der Waals surface area contributed by atoms with Crippen molar-refractivity contribution in [1.29, 1.82) is 0 Å². The van der Waals surface area contributed by atoms with Gasteiger partial charge in [-0.2, -0.15) is 13.2 Å². The number of aliphatic carboxylic acids is 1. The number of hydrogen-bond donors (Lipinski definition) is 1. The standard InChI is InChI=1S/C7H5F3.C2H4O2/c8-7(9,10)6-4-2-1-3-5-6;1-2(3)4/h1-5H;1H3,(H,3,4). The molecular weight excluding hydrogens is 197 g/mol. The minimum atomic E-state index is -4.21. The van der Waals surface area contributed by atoms with Gasteiger partial charge in [-0.15, -0.1) is 0 Å². The van der Waals surface area contributed by atoms with Gasteiger partial charge in [0.15, 0.2) is 0 Å². The maximum atomic E-state index is 11.8. The predicted molar refractivity (Wildman–Crippen MR) is 44.8 cm³/mol. The molecule has 1 aromatic rings. The molecule has 0 atom stereocenters. The van der Waals surface area contributed by atoms with E-state index in [2.05, 4.69) is 0 Å². The fourth-order valence-electron chi connectivity index (χ4n) is 0.627. The highest BCUT2D eigenvalue weighted by Crippen LogP contribution is 2.28. The van der Waals surface area contributed by atoms with Crippen molar-refractivity contribution in [3.63, 3.8) is 0 Å². The molecule has 1 rings (SSSR count). The normalized spacial score (nSPS) is 10.0. The van der Waals surface area contributed by atoms with Crippen LogP contribution in [0.5, 0.6) is 0 Å². The Labute approximate surface area is 79.0 Å². The molecule has 0 unspecified atom stereocenters. The lowest BCUT2D eigenvalue weighted by molar-refractivity contribution is -0.137. The molecule has 0 saturated carbocycles. The van der Waals surface area contributed by atoms with Crippen LogP contribution < -0.4 is 0 Å². The van der Waals surface area contributed by atoms with Crippen LogP contribution in [0.15, 0.2) is 30.3 Å². The molecule has 0 bridgehead atoms. The Hall–Kier alpha value is -1.52. The number of alkyl halides is 3. The van der Waals surface area contributed by atoms with Crippen LogP contribution in [0.4, 0.5) is 13.2 Å². The first-order valence-corrected chi connectivity index (χ1v) is 3.66. The summed E-state index contributed by atoms with van der Waals surface area (Å²) in [4.78, 5) is 9.00. The van der Waals surface area contributed by atoms with Gasteiger partial charge in [-0.1, -0.05) is 30.3 Å². The van der Waals surface area contributed by atoms with Crippen LogP contribution in [0.3, 0.4) is 0 Å². The average Bonchev–Trinajstić information content (AvgIpc) is 2.03. The van der Waals surface area contributed by atoms with Crippen LogP contribution >= 0.6 is 0 Å². The maximum absolute atomic E-state index is 11.8. The topological polar surface area (TPSA) is 37.3 Å². The first-order chi connectivity index (χ1) is 6.34. The van der Waals surface area contributed by atoms with Gasteiger partial charge in [-0.25, -0.2) is 0 Å². The van der Waals surface area contributed by atoms with Crippen molar-refractivity contribution >= 4 is 5.97 Å². The molecule has 0 spiro atoms. The van der Waals surface area contributed by atoms with Gasteiger partial charge in [0, 0.05) is 6.92 Å². The molecule has 5 heteroatoms. The summed E-state index contributed by atoms with van der Waals surface area (Å²) in [5.74, 6) is -0.833. The lowest BCUT2D eigenvalue weighted by Crippen LogP contribution is -2.03. The summed E-state index contributed by atoms with van der Waals surface area (Å²) in [6, 6.07) is 6.36. The fourth-order valence-corrected chi connectivity index (χ4v) is 0.627. The van der Waals surface area contributed by atoms with Crippen molar-refractivity contribution in [3.05, 3.63) is 35.9 Å². The Balaban J connectivity index is 0.000000364. The molecule has 2 nitrogen and oxygen atoms in total. The number of benzene rings is 1. The van der Waals surface area contributed by atoms with E-state index in [0.717, 1.165) is 19.1 Å². The van der Waals surface area contributed by atoms with Gasteiger partial charge >= 0.3 is 6.18 Å². The average molecular weight is 206 g/mol. The zero-order valence-electron chi connectivity index (χ0n) is 7.38. The van der Waals surface area contributed by atoms with Crippen LogP contribution in [0.25, 0.3) is 0 Å². The smallest absolute Gasteiger partial charge is 0.416 e. The van der Waals surface area contributed by atoms with Crippen molar-refractivity contribution in [2.24, 2.45) is 0 Å². The minimum Gasteiger partial charge on any atom is -0.481 e. The van der Waals surface area contributed by atoms with Gasteiger partial charge in [0.25, 0.3) is 5.97 Å². The van der Waals surface area contributed by atoms with Gasteiger partial charge in [0.1, 0.15) is 0 Å². The van der Waals surface area contributed by atoms with Crippen molar-refractivity contribution in [3.8, 4) is 0 Å². The van der Waals surface area contributed by atoms with Crippen molar-refractivity contribution in [1.82, 2.24) is 0 Å². The summed E-state index contributed by atoms with van der Waals surface area (Å²) in [6.45, 7) is 1.08. The van der Waals surface area contributed by atoms with Gasteiger partial charge in [0.2, 0.25) is 0 Å². The summed E-state index contributed by atoms with van der Waals surface area (Å²) in [6.07, 6.45) is -4.21. The molecule has 0 aliphatic heterocycles. The first kappa shape index (κ1) is 12.5. The van der Waals surface area contributed by atoms with E-state index in [1.165, 1.54) is 12.1 Å². The van der Waals surface area contributed by atoms with E-state index < -0.39 is 17.7 Å². The van der Waals surface area contributed by atoms with Gasteiger partial charge < -0.3 is 5.11 Å². The van der Waals surface area contributed by atoms with E-state index in [1.807, 2.05) is 0 Å². The third-order valence-electron chi connectivity index (χ3n) is 1.10. The second kappa shape index (κ2) is 5.26. The summed E-state index contributed by atoms with van der Waals surface area (Å²) in [5, 5.41) is 7.42. The molecule has 0 aromatic heterocycles. The van der Waals surface area contributed by atoms with Crippen LogP contribution in [0.1, 0.15) is 12.5 Å². The second-order valence-electron chi connectivity index (χ2n) is 2.38. The Bertz CT molecular complexity index is 276. The van der Waals surface area contributed by atoms with Crippen LogP contribution in [0.2, 0.25) is 0 Å². The second-order valence-corrected chi connectivity index (χ2v) is 2.38. The molecule has 1 aromatic carbocycles. The van der Waals surface area contributed by atoms with E-state index in [9.17, 15) is 13.2 Å². The first-order valence-electron chi connectivity index (χ1n) is 3.66. The summed E-state index contributed by atoms with van der Waals surface area (Å²) in [5.41, 5.74) is -0.602. The SMILES string of the molecule is CC(=O)O.FC(F)(F)c1ccccc1. The molecule has 0 fully saturated rings. The van der Waals surface area contributed by atoms with Gasteiger partial charge in [0.05, 0.1) is 5.56 Å². The maximum Gasteiger partial charge on any atom is 0.416 e. The van der Waals surface area contributed by atoms with E-state index in [4.69, 9.17) is 9.90 Å². The highest BCUT2D eigenvalue weighted by Gasteiger charge is 2.29. The summed E-state index contributed by atoms with van der Waals surface area (Å²) >= 11 is 0. The lowest BCUT2D eigenvalue weighted by Gasteiger charge is -2.03. The lowest BCUT2D eigenvalue weighted by atomic mass is 10.2. The van der Waals surface area contributed by atoms with Gasteiger partial charge in [-0.05, 0) is 0 Å². The van der Waals surface area contributed by atoms with Crippen LogP contribution in [-0.4, -0.2) is 11.1 Å². The Morgan fingerprint density at radius 1 is 1.21 bits per heavy atom. The number of hydrogen-bond acceptors (Lipinski definition) is 1. The van der Waals surface area contributed by atoms with E-state index in [1.54, 1.807) is 6.07 Å². The molecule has 78 valence electrons. The van der Waals surface area contributed by atoms with Crippen molar-refractivity contribution in [2.45, 2.75) is 13.1 Å². The number of carboxylic acid groups (broad SMARTS) is 1. The molecule has 14 heavy (non-hydrogen) atoms. The summed E-state index contributed by atoms with van der Waals surface area (Å²) < 4.78 is 35.4. The molecule has 0 aliphatic carbocycles. The zero-order valence-corrected chi connectivity index (χ0v) is 7.38. The van der Waals surface area contributed by atoms with Crippen LogP contribution in [-0.2, 0) is 11.0 Å². The third-order valence-corrected chi connectivity index (χ3v) is 1.10. The van der Waals surface area contributed by atoms with E-state index in [0.29, 0.717) is 0 Å². The predicted octanol–water partition coefficient (Wildman–Crippen LogP) is 2.80. The van der Waals surface area contributed by atoms with Crippen molar-refractivity contribution in [2.75, 3.05) is 0 Å². The highest BCUT2D eigenvalue weighted by molar-refractivity contribution is 5.62. The van der Waals surface area contributed by atoms with E-state index in [-0.39, 0.29) is 0 Å². The highest BCUT2D eigenvalue weighted by atomic mass is 19.4. The molecule has 0 heterocycles. The van der Waals surface area contributed by atoms with E-state index >= 15 is 0 Å². The largest absolute Gasteiger partial charge is 0.481 e. The number of carboxylic acids is 1. The Morgan fingerprint density at radius 3 is 1.79 bits per heavy atom. The van der Waals surface area contributed by atoms with Gasteiger partial charge in [-0.3, -0.25) is 4.79 Å². The minimum absolute atomic E-state index is 0.602. The number of carbonyl (C=O) groups is 1. The fraction of sp³-hybridized carbons (Fsp3) is 0.222. The quantitative estimate of drug-likeness (QED) is 0.708. The Morgan fingerprint density at radius 2 is 1.57 bits per heavy atom. The summed E-state index contributed by atoms with van der Waals surface area (Å²) in [7, 11) is 0. The van der Waals surface area contributed by atoms with Crippen LogP contribution in [0, 0.1) is 0 Å². The third kappa shape index (κ3) is 6.05. The van der Waals surface area contributed by atoms with Crippen molar-refractivity contribution < 1.29 is 23.1 Å². The zero-order chi connectivity index (χ0) is 11.2. The molecule has 1 N–H and O–H groups in total.